The van der Waals surface area contributed by atoms with Gasteiger partial charge in [-0.2, -0.15) is 0 Å². The van der Waals surface area contributed by atoms with E-state index in [1.54, 1.807) is 6.92 Å². The number of amides is 4. The van der Waals surface area contributed by atoms with Crippen molar-refractivity contribution in [2.24, 2.45) is 0 Å². The summed E-state index contributed by atoms with van der Waals surface area (Å²) in [6.07, 6.45) is 4.71. The van der Waals surface area contributed by atoms with E-state index in [4.69, 9.17) is 0 Å². The molecule has 1 aliphatic heterocycles. The number of benzene rings is 1. The third-order valence-corrected chi connectivity index (χ3v) is 5.03. The molecule has 0 radical (unpaired) electrons. The number of carbonyl (C=O) groups excluding carboxylic acids is 3. The molecular weight excluding hydrogens is 342 g/mol. The lowest BCUT2D eigenvalue weighted by molar-refractivity contribution is -0.133. The van der Waals surface area contributed by atoms with Crippen molar-refractivity contribution in [1.82, 2.24) is 10.2 Å². The van der Waals surface area contributed by atoms with E-state index in [9.17, 15) is 14.4 Å². The molecule has 1 aliphatic rings. The molecule has 0 aliphatic carbocycles. The minimum Gasteiger partial charge on any atom is -0.324 e. The van der Waals surface area contributed by atoms with Crippen LogP contribution in [0.3, 0.4) is 0 Å². The van der Waals surface area contributed by atoms with Gasteiger partial charge in [-0.05, 0) is 30.9 Å². The number of para-hydroxylation sites is 1. The molecule has 4 amide bonds. The van der Waals surface area contributed by atoms with E-state index in [1.807, 2.05) is 38.1 Å². The van der Waals surface area contributed by atoms with Crippen molar-refractivity contribution in [1.29, 1.82) is 0 Å². The number of nitrogens with zero attached hydrogens (tertiary/aromatic N) is 1. The lowest BCUT2D eigenvalue weighted by Gasteiger charge is -2.21. The van der Waals surface area contributed by atoms with Crippen molar-refractivity contribution in [3.8, 4) is 0 Å². The Balaban J connectivity index is 1.99. The van der Waals surface area contributed by atoms with Crippen LogP contribution in [-0.2, 0) is 9.59 Å². The van der Waals surface area contributed by atoms with Crippen molar-refractivity contribution in [3.63, 3.8) is 0 Å². The van der Waals surface area contributed by atoms with Crippen molar-refractivity contribution < 1.29 is 14.4 Å². The second-order valence-electron chi connectivity index (χ2n) is 7.75. The number of carbonyl (C=O) groups is 3. The van der Waals surface area contributed by atoms with Crippen LogP contribution in [0.5, 0.6) is 0 Å². The van der Waals surface area contributed by atoms with E-state index in [0.29, 0.717) is 12.1 Å². The molecule has 1 unspecified atom stereocenters. The monoisotopic (exact) mass is 373 g/mol. The lowest BCUT2D eigenvalue weighted by atomic mass is 9.94. The van der Waals surface area contributed by atoms with Gasteiger partial charge in [-0.3, -0.25) is 14.5 Å². The van der Waals surface area contributed by atoms with Gasteiger partial charge in [0.1, 0.15) is 12.1 Å². The van der Waals surface area contributed by atoms with Gasteiger partial charge in [-0.25, -0.2) is 4.79 Å². The van der Waals surface area contributed by atoms with Crippen LogP contribution in [0.15, 0.2) is 24.3 Å². The van der Waals surface area contributed by atoms with Gasteiger partial charge in [0.2, 0.25) is 5.91 Å². The van der Waals surface area contributed by atoms with Crippen molar-refractivity contribution in [3.05, 3.63) is 29.8 Å². The average Bonchev–Trinajstić information content (AvgIpc) is 2.82. The van der Waals surface area contributed by atoms with Crippen molar-refractivity contribution >= 4 is 23.5 Å². The summed E-state index contributed by atoms with van der Waals surface area (Å²) in [5.41, 5.74) is 0.816. The Morgan fingerprint density at radius 3 is 2.56 bits per heavy atom. The summed E-state index contributed by atoms with van der Waals surface area (Å²) in [7, 11) is 0. The lowest BCUT2D eigenvalue weighted by Crippen LogP contribution is -2.44. The van der Waals surface area contributed by atoms with Crippen LogP contribution in [0, 0.1) is 0 Å². The number of rotatable bonds is 9. The second-order valence-corrected chi connectivity index (χ2v) is 7.75. The Hall–Kier alpha value is -2.37. The maximum atomic E-state index is 12.7. The molecule has 6 heteroatoms. The molecule has 27 heavy (non-hydrogen) atoms. The summed E-state index contributed by atoms with van der Waals surface area (Å²) in [5.74, 6) is -0.442. The van der Waals surface area contributed by atoms with Gasteiger partial charge >= 0.3 is 6.03 Å². The van der Waals surface area contributed by atoms with Crippen LogP contribution < -0.4 is 10.6 Å². The number of anilines is 1. The zero-order chi connectivity index (χ0) is 20.0. The summed E-state index contributed by atoms with van der Waals surface area (Å²) >= 11 is 0. The van der Waals surface area contributed by atoms with E-state index in [2.05, 4.69) is 17.6 Å². The summed E-state index contributed by atoms with van der Waals surface area (Å²) in [6, 6.07) is 7.07. The van der Waals surface area contributed by atoms with Gasteiger partial charge in [0.25, 0.3) is 5.91 Å². The molecule has 1 saturated heterocycles. The fraction of sp³-hybridized carbons (Fsp3) is 0.571. The highest BCUT2D eigenvalue weighted by Crippen LogP contribution is 2.25. The molecule has 6 nitrogen and oxygen atoms in total. The maximum Gasteiger partial charge on any atom is 0.325 e. The predicted octanol–water partition coefficient (Wildman–Crippen LogP) is 4.03. The topological polar surface area (TPSA) is 78.5 Å². The minimum absolute atomic E-state index is 0.254. The van der Waals surface area contributed by atoms with E-state index in [0.717, 1.165) is 36.1 Å². The molecule has 2 N–H and O–H groups in total. The third kappa shape index (κ3) is 5.08. The fourth-order valence-corrected chi connectivity index (χ4v) is 3.41. The molecule has 1 heterocycles. The fourth-order valence-electron chi connectivity index (χ4n) is 3.41. The van der Waals surface area contributed by atoms with Crippen LogP contribution >= 0.6 is 0 Å². The summed E-state index contributed by atoms with van der Waals surface area (Å²) in [5, 5.41) is 5.60. The molecule has 1 atom stereocenters. The molecule has 0 saturated carbocycles. The highest BCUT2D eigenvalue weighted by atomic mass is 16.2. The molecule has 1 fully saturated rings. The SMILES string of the molecule is CCCCCCC1(C)NC(=O)N(CC(=O)Nc2ccccc2C(C)C)C1=O. The Kier molecular flexibility index (Phi) is 6.99. The Morgan fingerprint density at radius 1 is 1.19 bits per heavy atom. The van der Waals surface area contributed by atoms with E-state index in [1.165, 1.54) is 0 Å². The van der Waals surface area contributed by atoms with Gasteiger partial charge in [0, 0.05) is 5.69 Å². The largest absolute Gasteiger partial charge is 0.325 e. The first-order chi connectivity index (χ1) is 12.8. The number of nitrogens with one attached hydrogen (secondary N) is 2. The molecule has 0 spiro atoms. The number of hydrogen-bond donors (Lipinski definition) is 2. The highest BCUT2D eigenvalue weighted by molar-refractivity contribution is 6.10. The summed E-state index contributed by atoms with van der Waals surface area (Å²) in [6.45, 7) is 7.69. The van der Waals surface area contributed by atoms with Gasteiger partial charge in [0.15, 0.2) is 0 Å². The van der Waals surface area contributed by atoms with Gasteiger partial charge in [-0.15, -0.1) is 0 Å². The summed E-state index contributed by atoms with van der Waals surface area (Å²) < 4.78 is 0. The second kappa shape index (κ2) is 9.02. The molecule has 1 aromatic carbocycles. The molecule has 0 bridgehead atoms. The van der Waals surface area contributed by atoms with Crippen LogP contribution in [0.25, 0.3) is 0 Å². The molecule has 2 rings (SSSR count). The van der Waals surface area contributed by atoms with Gasteiger partial charge in [-0.1, -0.05) is 64.7 Å². The van der Waals surface area contributed by atoms with Crippen LogP contribution in [0.1, 0.15) is 71.3 Å². The van der Waals surface area contributed by atoms with Crippen LogP contribution in [-0.4, -0.2) is 34.8 Å². The van der Waals surface area contributed by atoms with Crippen molar-refractivity contribution in [2.75, 3.05) is 11.9 Å². The standard InChI is InChI=1S/C21H31N3O3/c1-5-6-7-10-13-21(4)19(26)24(20(27)23-21)14-18(25)22-17-12-9-8-11-16(17)15(2)3/h8-9,11-12,15H,5-7,10,13-14H2,1-4H3,(H,22,25)(H,23,27). The smallest absolute Gasteiger partial charge is 0.324 e. The van der Waals surface area contributed by atoms with E-state index < -0.39 is 11.6 Å². The zero-order valence-electron chi connectivity index (χ0n) is 16.8. The zero-order valence-corrected chi connectivity index (χ0v) is 16.8. The quantitative estimate of drug-likeness (QED) is 0.507. The Labute approximate surface area is 161 Å². The molecule has 0 aromatic heterocycles. The number of imide groups is 1. The maximum absolute atomic E-state index is 12.7. The average molecular weight is 373 g/mol. The first-order valence-electron chi connectivity index (χ1n) is 9.81. The number of urea groups is 1. The van der Waals surface area contributed by atoms with Crippen LogP contribution in [0.2, 0.25) is 0 Å². The Bertz CT molecular complexity index is 702. The van der Waals surface area contributed by atoms with Crippen LogP contribution in [0.4, 0.5) is 10.5 Å². The van der Waals surface area contributed by atoms with E-state index in [-0.39, 0.29) is 24.3 Å². The molecule has 1 aromatic rings. The normalized spacial score (nSPS) is 19.5. The van der Waals surface area contributed by atoms with Crippen molar-refractivity contribution in [2.45, 2.75) is 71.3 Å². The number of hydrogen-bond acceptors (Lipinski definition) is 3. The number of unbranched alkanes of at least 4 members (excludes halogenated alkanes) is 3. The third-order valence-electron chi connectivity index (χ3n) is 5.03. The van der Waals surface area contributed by atoms with Gasteiger partial charge < -0.3 is 10.6 Å². The summed E-state index contributed by atoms with van der Waals surface area (Å²) in [4.78, 5) is 38.5. The van der Waals surface area contributed by atoms with E-state index >= 15 is 0 Å². The molecule has 148 valence electrons. The Morgan fingerprint density at radius 2 is 1.89 bits per heavy atom. The molecular formula is C21H31N3O3. The first kappa shape index (κ1) is 20.9. The first-order valence-corrected chi connectivity index (χ1v) is 9.81. The van der Waals surface area contributed by atoms with Gasteiger partial charge in [0.05, 0.1) is 0 Å². The predicted molar refractivity (Wildman–Crippen MR) is 107 cm³/mol. The minimum atomic E-state index is -0.916. The highest BCUT2D eigenvalue weighted by Gasteiger charge is 2.47.